The van der Waals surface area contributed by atoms with Crippen molar-refractivity contribution < 1.29 is 19.8 Å². The van der Waals surface area contributed by atoms with Gasteiger partial charge in [-0.25, -0.2) is 4.52 Å². The van der Waals surface area contributed by atoms with Crippen molar-refractivity contribution >= 4 is 11.6 Å². The Labute approximate surface area is 288 Å². The van der Waals surface area contributed by atoms with Crippen LogP contribution < -0.4 is 5.56 Å². The highest BCUT2D eigenvalue weighted by atomic mass is 16.7. The van der Waals surface area contributed by atoms with E-state index in [1.165, 1.54) is 0 Å². The second-order valence-corrected chi connectivity index (χ2v) is 13.8. The molecule has 49 heavy (non-hydrogen) atoms. The summed E-state index contributed by atoms with van der Waals surface area (Å²) in [6, 6.07) is 16.3. The van der Waals surface area contributed by atoms with E-state index in [0.29, 0.717) is 37.5 Å². The summed E-state index contributed by atoms with van der Waals surface area (Å²) in [5.41, 5.74) is 4.75. The highest BCUT2D eigenvalue weighted by Crippen LogP contribution is 2.33. The number of aliphatic hydroxyl groups excluding tert-OH is 1. The maximum absolute atomic E-state index is 14.5. The second-order valence-electron chi connectivity index (χ2n) is 13.8. The molecule has 4 aromatic rings. The molecule has 3 heterocycles. The van der Waals surface area contributed by atoms with Crippen LogP contribution in [0.4, 0.5) is 0 Å². The van der Waals surface area contributed by atoms with Gasteiger partial charge < -0.3 is 19.8 Å². The molecule has 1 aliphatic carbocycles. The number of oxime groups is 1. The molecule has 1 saturated carbocycles. The zero-order valence-corrected chi connectivity index (χ0v) is 29.4. The van der Waals surface area contributed by atoms with Gasteiger partial charge in [-0.2, -0.15) is 10.1 Å². The molecule has 1 unspecified atom stereocenters. The Kier molecular flexibility index (Phi) is 10.5. The number of fused-ring (bicyclic) bond motifs is 1. The van der Waals surface area contributed by atoms with Crippen LogP contribution in [-0.2, 0) is 22.4 Å². The molecule has 11 heteroatoms. The van der Waals surface area contributed by atoms with E-state index in [0.717, 1.165) is 72.0 Å². The lowest BCUT2D eigenvalue weighted by Gasteiger charge is -2.33. The quantitative estimate of drug-likeness (QED) is 0.182. The third-order valence-corrected chi connectivity index (χ3v) is 10.3. The third kappa shape index (κ3) is 7.02. The molecule has 0 spiro atoms. The molecule has 2 N–H and O–H groups in total. The van der Waals surface area contributed by atoms with Gasteiger partial charge in [0.15, 0.2) is 5.84 Å². The highest BCUT2D eigenvalue weighted by molar-refractivity contribution is 6.04. The van der Waals surface area contributed by atoms with Crippen LogP contribution in [0.5, 0.6) is 0 Å². The van der Waals surface area contributed by atoms with Gasteiger partial charge in [-0.05, 0) is 75.5 Å². The van der Waals surface area contributed by atoms with Crippen LogP contribution >= 0.6 is 0 Å². The topological polar surface area (TPSA) is 127 Å². The molecule has 2 aliphatic rings. The monoisotopic (exact) mass is 670 g/mol. The van der Waals surface area contributed by atoms with Gasteiger partial charge in [0.05, 0.1) is 24.0 Å². The van der Waals surface area contributed by atoms with E-state index in [4.69, 9.17) is 9.57 Å². The number of benzene rings is 2. The van der Waals surface area contributed by atoms with Crippen molar-refractivity contribution in [1.29, 1.82) is 0 Å². The van der Waals surface area contributed by atoms with E-state index < -0.39 is 12.0 Å². The molecule has 1 fully saturated rings. The van der Waals surface area contributed by atoms with Crippen LogP contribution in [0.1, 0.15) is 108 Å². The van der Waals surface area contributed by atoms with Gasteiger partial charge in [0.1, 0.15) is 6.33 Å². The van der Waals surface area contributed by atoms with Gasteiger partial charge in [-0.3, -0.25) is 14.3 Å². The lowest BCUT2D eigenvalue weighted by Crippen LogP contribution is -2.41. The Bertz CT molecular complexity index is 1820. The summed E-state index contributed by atoms with van der Waals surface area (Å²) in [5.74, 6) is 1.19. The molecule has 0 amide bonds. The minimum absolute atomic E-state index is 0.000612. The first kappa shape index (κ1) is 34.8. The Morgan fingerprint density at radius 1 is 1.00 bits per heavy atom. The smallest absolute Gasteiger partial charge is 0.307 e. The van der Waals surface area contributed by atoms with Crippen molar-refractivity contribution in [2.45, 2.75) is 123 Å². The number of aliphatic hydroxyl groups is 2. The Morgan fingerprint density at radius 3 is 2.35 bits per heavy atom. The van der Waals surface area contributed by atoms with Crippen LogP contribution in [0.15, 0.2) is 64.8 Å². The standard InChI is InChI=1S/C38H50N6O5/c1-6-11-33-32(22-26-14-16-27(17-15-26)30-12-9-10-13-31(30)34-41-49-37(46)42(34)25(4)5)35(45)43(36-39-24-40-44(33)36)28-18-20-29(21-19-28)48-23-38(47,7-2)8-3/h9-10,12-17,24-25,28-29,37,46-47H,6-8,11,18-23H2,1-5H3. The van der Waals surface area contributed by atoms with E-state index in [9.17, 15) is 15.0 Å². The summed E-state index contributed by atoms with van der Waals surface area (Å²) in [5, 5.41) is 29.9. The first-order chi connectivity index (χ1) is 23.7. The number of aryl methyl sites for hydroxylation is 1. The first-order valence-corrected chi connectivity index (χ1v) is 17.9. The summed E-state index contributed by atoms with van der Waals surface area (Å²) in [6.07, 6.45) is 7.13. The number of aromatic nitrogens is 4. The van der Waals surface area contributed by atoms with Crippen LogP contribution in [0, 0.1) is 0 Å². The lowest BCUT2D eigenvalue weighted by atomic mass is 9.91. The van der Waals surface area contributed by atoms with Crippen molar-refractivity contribution in [1.82, 2.24) is 24.1 Å². The summed E-state index contributed by atoms with van der Waals surface area (Å²) < 4.78 is 9.91. The molecule has 1 aliphatic heterocycles. The largest absolute Gasteiger partial charge is 0.388 e. The van der Waals surface area contributed by atoms with Gasteiger partial charge >= 0.3 is 6.41 Å². The number of ether oxygens (including phenoxy) is 1. The number of hydrogen-bond acceptors (Lipinski definition) is 9. The van der Waals surface area contributed by atoms with Gasteiger partial charge in [-0.1, -0.05) is 80.9 Å². The Morgan fingerprint density at radius 2 is 1.69 bits per heavy atom. The number of nitrogens with zero attached hydrogens (tertiary/aromatic N) is 6. The zero-order chi connectivity index (χ0) is 34.7. The molecule has 2 aromatic carbocycles. The van der Waals surface area contributed by atoms with Crippen molar-refractivity contribution in [2.24, 2.45) is 5.16 Å². The average molecular weight is 671 g/mol. The highest BCUT2D eigenvalue weighted by Gasteiger charge is 2.33. The normalized spacial score (nSPS) is 19.9. The molecule has 1 atom stereocenters. The summed E-state index contributed by atoms with van der Waals surface area (Å²) in [4.78, 5) is 26.0. The fraction of sp³-hybridized carbons (Fsp3) is 0.526. The zero-order valence-electron chi connectivity index (χ0n) is 29.4. The van der Waals surface area contributed by atoms with Crippen molar-refractivity contribution in [3.8, 4) is 11.1 Å². The Balaban J connectivity index is 1.27. The van der Waals surface area contributed by atoms with Gasteiger partial charge in [0.2, 0.25) is 5.78 Å². The van der Waals surface area contributed by atoms with Crippen molar-refractivity contribution in [2.75, 3.05) is 6.61 Å². The molecule has 2 aromatic heterocycles. The van der Waals surface area contributed by atoms with Crippen LogP contribution in [0.3, 0.4) is 0 Å². The predicted octanol–water partition coefficient (Wildman–Crippen LogP) is 5.83. The molecular formula is C38H50N6O5. The number of amidine groups is 1. The summed E-state index contributed by atoms with van der Waals surface area (Å²) >= 11 is 0. The second kappa shape index (κ2) is 14.8. The van der Waals surface area contributed by atoms with E-state index in [1.807, 2.05) is 61.0 Å². The van der Waals surface area contributed by atoms with Crippen molar-refractivity contribution in [3.05, 3.63) is 87.6 Å². The fourth-order valence-corrected chi connectivity index (χ4v) is 7.20. The average Bonchev–Trinajstić information content (AvgIpc) is 3.76. The Hall–Kier alpha value is -4.06. The van der Waals surface area contributed by atoms with Gasteiger partial charge in [-0.15, -0.1) is 0 Å². The summed E-state index contributed by atoms with van der Waals surface area (Å²) in [7, 11) is 0. The lowest BCUT2D eigenvalue weighted by molar-refractivity contribution is -0.152. The fourth-order valence-electron chi connectivity index (χ4n) is 7.20. The van der Waals surface area contributed by atoms with E-state index >= 15 is 0 Å². The van der Waals surface area contributed by atoms with Crippen LogP contribution in [-0.4, -0.2) is 70.9 Å². The van der Waals surface area contributed by atoms with Crippen LogP contribution in [0.2, 0.25) is 0 Å². The number of hydrogen-bond donors (Lipinski definition) is 2. The predicted molar refractivity (Wildman–Crippen MR) is 189 cm³/mol. The molecule has 262 valence electrons. The van der Waals surface area contributed by atoms with E-state index in [-0.39, 0.29) is 23.7 Å². The van der Waals surface area contributed by atoms with Crippen molar-refractivity contribution in [3.63, 3.8) is 0 Å². The van der Waals surface area contributed by atoms with Gasteiger partial charge in [0.25, 0.3) is 5.56 Å². The molecule has 0 saturated heterocycles. The minimum Gasteiger partial charge on any atom is -0.388 e. The molecule has 0 bridgehead atoms. The minimum atomic E-state index is -1.12. The van der Waals surface area contributed by atoms with E-state index in [2.05, 4.69) is 46.4 Å². The molecule has 11 nitrogen and oxygen atoms in total. The first-order valence-electron chi connectivity index (χ1n) is 17.9. The SMILES string of the molecule is CCCc1c(Cc2ccc(-c3ccccc3C3=NOC(O)N3C(C)C)cc2)c(=O)n(C2CCC(OCC(O)(CC)CC)CC2)c2ncnn12. The maximum Gasteiger partial charge on any atom is 0.307 e. The van der Waals surface area contributed by atoms with Gasteiger partial charge in [0, 0.05) is 29.6 Å². The van der Waals surface area contributed by atoms with E-state index in [1.54, 1.807) is 11.2 Å². The molecular weight excluding hydrogens is 620 g/mol. The maximum atomic E-state index is 14.5. The number of rotatable bonds is 13. The van der Waals surface area contributed by atoms with Crippen LogP contribution in [0.25, 0.3) is 16.9 Å². The summed E-state index contributed by atoms with van der Waals surface area (Å²) in [6.45, 7) is 10.4. The molecule has 0 radical (unpaired) electrons. The molecule has 6 rings (SSSR count). The third-order valence-electron chi connectivity index (χ3n) is 10.3.